The van der Waals surface area contributed by atoms with E-state index < -0.39 is 12.1 Å². The van der Waals surface area contributed by atoms with E-state index in [2.05, 4.69) is 5.32 Å². The molecule has 1 aromatic rings. The Hall–Kier alpha value is -1.36. The SMILES string of the molecule is CCC(C)C1NC(=O)C(C)N(C(C)c2ccsc2)C1=O. The van der Waals surface area contributed by atoms with E-state index in [4.69, 9.17) is 0 Å². The molecule has 2 amide bonds. The third-order valence-electron chi connectivity index (χ3n) is 4.27. The molecule has 1 saturated heterocycles. The number of hydrogen-bond acceptors (Lipinski definition) is 3. The van der Waals surface area contributed by atoms with Gasteiger partial charge < -0.3 is 10.2 Å². The molecule has 0 aliphatic carbocycles. The topological polar surface area (TPSA) is 49.4 Å². The van der Waals surface area contributed by atoms with E-state index in [1.807, 2.05) is 37.6 Å². The van der Waals surface area contributed by atoms with Crippen LogP contribution < -0.4 is 5.32 Å². The number of thiophene rings is 1. The molecule has 0 bridgehead atoms. The van der Waals surface area contributed by atoms with Gasteiger partial charge in [-0.1, -0.05) is 20.3 Å². The first-order chi connectivity index (χ1) is 9.47. The lowest BCUT2D eigenvalue weighted by Crippen LogP contribution is -2.64. The second-order valence-corrected chi connectivity index (χ2v) is 6.31. The second-order valence-electron chi connectivity index (χ2n) is 5.53. The molecular formula is C15H22N2O2S. The number of nitrogens with one attached hydrogen (secondary N) is 1. The van der Waals surface area contributed by atoms with Crippen molar-refractivity contribution in [1.29, 1.82) is 0 Å². The highest BCUT2D eigenvalue weighted by atomic mass is 32.1. The van der Waals surface area contributed by atoms with E-state index in [1.54, 1.807) is 23.2 Å². The molecule has 4 atom stereocenters. The van der Waals surface area contributed by atoms with E-state index in [1.165, 1.54) is 0 Å². The summed E-state index contributed by atoms with van der Waals surface area (Å²) in [5.74, 6) is 0.123. The Morgan fingerprint density at radius 2 is 2.10 bits per heavy atom. The van der Waals surface area contributed by atoms with Gasteiger partial charge in [0.05, 0.1) is 6.04 Å². The largest absolute Gasteiger partial charge is 0.342 e. The molecule has 4 unspecified atom stereocenters. The lowest BCUT2D eigenvalue weighted by atomic mass is 9.93. The minimum Gasteiger partial charge on any atom is -0.342 e. The van der Waals surface area contributed by atoms with Crippen molar-refractivity contribution in [3.05, 3.63) is 22.4 Å². The van der Waals surface area contributed by atoms with Crippen LogP contribution in [0.2, 0.25) is 0 Å². The van der Waals surface area contributed by atoms with Crippen molar-refractivity contribution < 1.29 is 9.59 Å². The summed E-state index contributed by atoms with van der Waals surface area (Å²) in [7, 11) is 0. The standard InChI is InChI=1S/C15H22N2O2S/c1-5-9(2)13-15(19)17(11(4)14(18)16-13)10(3)12-6-7-20-8-12/h6-11,13H,5H2,1-4H3,(H,16,18). The highest BCUT2D eigenvalue weighted by Gasteiger charge is 2.42. The molecule has 2 heterocycles. The third kappa shape index (κ3) is 2.59. The maximum Gasteiger partial charge on any atom is 0.246 e. The fourth-order valence-corrected chi connectivity index (χ4v) is 3.38. The third-order valence-corrected chi connectivity index (χ3v) is 4.97. The molecule has 4 nitrogen and oxygen atoms in total. The summed E-state index contributed by atoms with van der Waals surface area (Å²) >= 11 is 1.61. The number of amides is 2. The molecule has 0 radical (unpaired) electrons. The number of nitrogens with zero attached hydrogens (tertiary/aromatic N) is 1. The maximum atomic E-state index is 12.7. The van der Waals surface area contributed by atoms with E-state index in [-0.39, 0.29) is 23.8 Å². The van der Waals surface area contributed by atoms with Crippen molar-refractivity contribution in [2.75, 3.05) is 0 Å². The van der Waals surface area contributed by atoms with E-state index in [0.29, 0.717) is 0 Å². The molecule has 0 spiro atoms. The predicted octanol–water partition coefficient (Wildman–Crippen LogP) is 2.57. The molecule has 20 heavy (non-hydrogen) atoms. The van der Waals surface area contributed by atoms with Gasteiger partial charge in [-0.3, -0.25) is 9.59 Å². The summed E-state index contributed by atoms with van der Waals surface area (Å²) in [6.07, 6.45) is 0.867. The molecule has 1 aliphatic rings. The average Bonchev–Trinajstić information content (AvgIpc) is 2.96. The number of carbonyl (C=O) groups excluding carboxylic acids is 2. The molecule has 2 rings (SSSR count). The van der Waals surface area contributed by atoms with Gasteiger partial charge in [-0.25, -0.2) is 0 Å². The molecule has 0 saturated carbocycles. The lowest BCUT2D eigenvalue weighted by molar-refractivity contribution is -0.152. The Bertz CT molecular complexity index is 486. The van der Waals surface area contributed by atoms with Gasteiger partial charge in [0.25, 0.3) is 0 Å². The molecule has 1 fully saturated rings. The zero-order valence-corrected chi connectivity index (χ0v) is 13.2. The first-order valence-electron chi connectivity index (χ1n) is 7.12. The van der Waals surface area contributed by atoms with Crippen molar-refractivity contribution in [2.24, 2.45) is 5.92 Å². The van der Waals surface area contributed by atoms with Gasteiger partial charge in [-0.15, -0.1) is 0 Å². The molecule has 0 aromatic carbocycles. The fraction of sp³-hybridized carbons (Fsp3) is 0.600. The van der Waals surface area contributed by atoms with Crippen LogP contribution in [-0.2, 0) is 9.59 Å². The highest BCUT2D eigenvalue weighted by molar-refractivity contribution is 7.07. The quantitative estimate of drug-likeness (QED) is 0.928. The van der Waals surface area contributed by atoms with Crippen LogP contribution >= 0.6 is 11.3 Å². The normalized spacial score (nSPS) is 26.3. The summed E-state index contributed by atoms with van der Waals surface area (Å²) < 4.78 is 0. The highest BCUT2D eigenvalue weighted by Crippen LogP contribution is 2.29. The van der Waals surface area contributed by atoms with Gasteiger partial charge in [0.2, 0.25) is 11.8 Å². The van der Waals surface area contributed by atoms with Crippen molar-refractivity contribution in [1.82, 2.24) is 10.2 Å². The molecular weight excluding hydrogens is 272 g/mol. The minimum absolute atomic E-state index is 0.0325. The summed E-state index contributed by atoms with van der Waals surface area (Å²) in [5.41, 5.74) is 1.09. The Balaban J connectivity index is 2.29. The average molecular weight is 294 g/mol. The minimum atomic E-state index is -0.419. The second kappa shape index (κ2) is 5.95. The first kappa shape index (κ1) is 15.0. The Morgan fingerprint density at radius 3 is 2.65 bits per heavy atom. The van der Waals surface area contributed by atoms with Gasteiger partial charge in [0.1, 0.15) is 12.1 Å². The Labute approximate surface area is 124 Å². The van der Waals surface area contributed by atoms with Crippen LogP contribution in [0, 0.1) is 5.92 Å². The van der Waals surface area contributed by atoms with Crippen LogP contribution in [-0.4, -0.2) is 28.8 Å². The molecule has 110 valence electrons. The van der Waals surface area contributed by atoms with Crippen LogP contribution in [0.15, 0.2) is 16.8 Å². The van der Waals surface area contributed by atoms with E-state index in [9.17, 15) is 9.59 Å². The van der Waals surface area contributed by atoms with E-state index in [0.717, 1.165) is 12.0 Å². The van der Waals surface area contributed by atoms with Crippen LogP contribution in [0.5, 0.6) is 0 Å². The Kier molecular flexibility index (Phi) is 4.48. The number of hydrogen-bond donors (Lipinski definition) is 1. The van der Waals surface area contributed by atoms with Gasteiger partial charge >= 0.3 is 0 Å². The Morgan fingerprint density at radius 1 is 1.40 bits per heavy atom. The van der Waals surface area contributed by atoms with Gasteiger partial charge in [0.15, 0.2) is 0 Å². The van der Waals surface area contributed by atoms with Gasteiger partial charge in [-0.2, -0.15) is 11.3 Å². The molecule has 1 N–H and O–H groups in total. The van der Waals surface area contributed by atoms with E-state index >= 15 is 0 Å². The maximum absolute atomic E-state index is 12.7. The molecule has 5 heteroatoms. The summed E-state index contributed by atoms with van der Waals surface area (Å²) in [6.45, 7) is 7.83. The van der Waals surface area contributed by atoms with Crippen LogP contribution in [0.3, 0.4) is 0 Å². The number of piperazine rings is 1. The first-order valence-corrected chi connectivity index (χ1v) is 8.06. The van der Waals surface area contributed by atoms with Gasteiger partial charge in [-0.05, 0) is 42.2 Å². The molecule has 1 aromatic heterocycles. The predicted molar refractivity (Wildman–Crippen MR) is 80.4 cm³/mol. The summed E-state index contributed by atoms with van der Waals surface area (Å²) in [5, 5.41) is 6.90. The van der Waals surface area contributed by atoms with Crippen molar-refractivity contribution in [2.45, 2.75) is 52.2 Å². The monoisotopic (exact) mass is 294 g/mol. The van der Waals surface area contributed by atoms with Crippen LogP contribution in [0.4, 0.5) is 0 Å². The van der Waals surface area contributed by atoms with Crippen molar-refractivity contribution >= 4 is 23.2 Å². The smallest absolute Gasteiger partial charge is 0.246 e. The summed E-state index contributed by atoms with van der Waals surface area (Å²) in [6, 6.07) is 1.13. The van der Waals surface area contributed by atoms with Crippen molar-refractivity contribution in [3.63, 3.8) is 0 Å². The number of rotatable bonds is 4. The van der Waals surface area contributed by atoms with Crippen molar-refractivity contribution in [3.8, 4) is 0 Å². The van der Waals surface area contributed by atoms with Crippen LogP contribution in [0.1, 0.15) is 45.7 Å². The lowest BCUT2D eigenvalue weighted by Gasteiger charge is -2.42. The van der Waals surface area contributed by atoms with Crippen LogP contribution in [0.25, 0.3) is 0 Å². The number of carbonyl (C=O) groups is 2. The fourth-order valence-electron chi connectivity index (χ4n) is 2.63. The van der Waals surface area contributed by atoms with Gasteiger partial charge in [0, 0.05) is 0 Å². The zero-order chi connectivity index (χ0) is 14.9. The molecule has 1 aliphatic heterocycles. The zero-order valence-electron chi connectivity index (χ0n) is 12.4. The summed E-state index contributed by atoms with van der Waals surface area (Å²) in [4.78, 5) is 26.6.